The first-order chi connectivity index (χ1) is 9.06. The molecule has 0 aromatic rings. The van der Waals surface area contributed by atoms with E-state index >= 15 is 0 Å². The molecule has 0 radical (unpaired) electrons. The Balaban J connectivity index is 2.28. The SMILES string of the molecule is CCNC(=O)CN1CCN(C(=O)CC(C)CN)CC1. The van der Waals surface area contributed by atoms with Crippen LogP contribution in [-0.4, -0.2) is 67.4 Å². The highest BCUT2D eigenvalue weighted by Crippen LogP contribution is 2.07. The Morgan fingerprint density at radius 1 is 1.26 bits per heavy atom. The summed E-state index contributed by atoms with van der Waals surface area (Å²) in [6.07, 6.45) is 0.521. The number of hydrogen-bond donors (Lipinski definition) is 2. The second-order valence-corrected chi connectivity index (χ2v) is 5.16. The minimum atomic E-state index is 0.0547. The van der Waals surface area contributed by atoms with Crippen LogP contribution >= 0.6 is 0 Å². The number of nitrogens with zero attached hydrogens (tertiary/aromatic N) is 2. The van der Waals surface area contributed by atoms with Crippen LogP contribution < -0.4 is 11.1 Å². The average molecular weight is 270 g/mol. The van der Waals surface area contributed by atoms with E-state index in [1.807, 2.05) is 18.7 Å². The van der Waals surface area contributed by atoms with Gasteiger partial charge in [-0.3, -0.25) is 14.5 Å². The van der Waals surface area contributed by atoms with Crippen LogP contribution in [0.3, 0.4) is 0 Å². The molecule has 19 heavy (non-hydrogen) atoms. The molecule has 1 saturated heterocycles. The average Bonchev–Trinajstić information content (AvgIpc) is 2.39. The van der Waals surface area contributed by atoms with Crippen LogP contribution in [0.25, 0.3) is 0 Å². The summed E-state index contributed by atoms with van der Waals surface area (Å²) in [6.45, 7) is 8.47. The fourth-order valence-corrected chi connectivity index (χ4v) is 2.12. The van der Waals surface area contributed by atoms with E-state index in [4.69, 9.17) is 5.73 Å². The molecule has 0 spiro atoms. The molecular formula is C13H26N4O2. The van der Waals surface area contributed by atoms with Crippen LogP contribution in [-0.2, 0) is 9.59 Å². The smallest absolute Gasteiger partial charge is 0.234 e. The molecule has 1 aliphatic heterocycles. The van der Waals surface area contributed by atoms with Gasteiger partial charge >= 0.3 is 0 Å². The fourth-order valence-electron chi connectivity index (χ4n) is 2.12. The van der Waals surface area contributed by atoms with Gasteiger partial charge in [0.05, 0.1) is 6.54 Å². The summed E-state index contributed by atoms with van der Waals surface area (Å²) in [5, 5.41) is 2.79. The quantitative estimate of drug-likeness (QED) is 0.666. The zero-order chi connectivity index (χ0) is 14.3. The van der Waals surface area contributed by atoms with Crippen molar-refractivity contribution in [3.63, 3.8) is 0 Å². The van der Waals surface area contributed by atoms with Crippen LogP contribution in [0.15, 0.2) is 0 Å². The second kappa shape index (κ2) is 8.12. The van der Waals surface area contributed by atoms with E-state index in [0.717, 1.165) is 13.1 Å². The number of amides is 2. The summed E-state index contributed by atoms with van der Waals surface area (Å²) in [5.41, 5.74) is 5.53. The maximum atomic E-state index is 12.0. The van der Waals surface area contributed by atoms with Crippen molar-refractivity contribution in [2.75, 3.05) is 45.8 Å². The monoisotopic (exact) mass is 270 g/mol. The molecule has 0 bridgehead atoms. The first-order valence-corrected chi connectivity index (χ1v) is 7.03. The number of rotatable bonds is 6. The summed E-state index contributed by atoms with van der Waals surface area (Å²) in [4.78, 5) is 27.4. The maximum Gasteiger partial charge on any atom is 0.234 e. The topological polar surface area (TPSA) is 78.7 Å². The molecule has 110 valence electrons. The predicted octanol–water partition coefficient (Wildman–Crippen LogP) is -0.748. The number of carbonyl (C=O) groups is 2. The Labute approximate surface area is 115 Å². The van der Waals surface area contributed by atoms with E-state index in [-0.39, 0.29) is 17.7 Å². The zero-order valence-corrected chi connectivity index (χ0v) is 12.0. The van der Waals surface area contributed by atoms with E-state index in [1.54, 1.807) is 0 Å². The molecule has 0 aromatic heterocycles. The van der Waals surface area contributed by atoms with Gasteiger partial charge in [0.1, 0.15) is 0 Å². The van der Waals surface area contributed by atoms with Crippen LogP contribution in [0.5, 0.6) is 0 Å². The lowest BCUT2D eigenvalue weighted by Gasteiger charge is -2.34. The van der Waals surface area contributed by atoms with E-state index < -0.39 is 0 Å². The van der Waals surface area contributed by atoms with Crippen molar-refractivity contribution in [1.82, 2.24) is 15.1 Å². The van der Waals surface area contributed by atoms with E-state index in [0.29, 0.717) is 39.1 Å². The summed E-state index contributed by atoms with van der Waals surface area (Å²) in [6, 6.07) is 0. The first kappa shape index (κ1) is 15.9. The third-order valence-corrected chi connectivity index (χ3v) is 3.39. The zero-order valence-electron chi connectivity index (χ0n) is 12.0. The Morgan fingerprint density at radius 2 is 1.89 bits per heavy atom. The van der Waals surface area contributed by atoms with Crippen molar-refractivity contribution in [1.29, 1.82) is 0 Å². The Morgan fingerprint density at radius 3 is 2.42 bits per heavy atom. The number of nitrogens with two attached hydrogens (primary N) is 1. The molecule has 0 aromatic carbocycles. The van der Waals surface area contributed by atoms with Gasteiger partial charge < -0.3 is 16.0 Å². The van der Waals surface area contributed by atoms with Crippen molar-refractivity contribution >= 4 is 11.8 Å². The van der Waals surface area contributed by atoms with Gasteiger partial charge in [-0.1, -0.05) is 6.92 Å². The van der Waals surface area contributed by atoms with Gasteiger partial charge in [-0.15, -0.1) is 0 Å². The van der Waals surface area contributed by atoms with Crippen LogP contribution in [0.1, 0.15) is 20.3 Å². The standard InChI is InChI=1S/C13H26N4O2/c1-3-15-12(18)10-16-4-6-17(7-5-16)13(19)8-11(2)9-14/h11H,3-10,14H2,1-2H3,(H,15,18). The van der Waals surface area contributed by atoms with Crippen LogP contribution in [0, 0.1) is 5.92 Å². The molecule has 6 heteroatoms. The van der Waals surface area contributed by atoms with Crippen molar-refractivity contribution < 1.29 is 9.59 Å². The van der Waals surface area contributed by atoms with Gasteiger partial charge in [0.2, 0.25) is 11.8 Å². The molecule has 1 fully saturated rings. The van der Waals surface area contributed by atoms with E-state index in [1.165, 1.54) is 0 Å². The highest BCUT2D eigenvalue weighted by molar-refractivity contribution is 5.78. The number of hydrogen-bond acceptors (Lipinski definition) is 4. The highest BCUT2D eigenvalue weighted by Gasteiger charge is 2.22. The summed E-state index contributed by atoms with van der Waals surface area (Å²) in [7, 11) is 0. The lowest BCUT2D eigenvalue weighted by Crippen LogP contribution is -2.51. The molecule has 2 amide bonds. The van der Waals surface area contributed by atoms with Gasteiger partial charge in [-0.25, -0.2) is 0 Å². The normalized spacial score (nSPS) is 18.2. The molecule has 1 aliphatic rings. The molecule has 1 unspecified atom stereocenters. The van der Waals surface area contributed by atoms with Crippen molar-refractivity contribution in [3.05, 3.63) is 0 Å². The lowest BCUT2D eigenvalue weighted by molar-refractivity contribution is -0.134. The summed E-state index contributed by atoms with van der Waals surface area (Å²) < 4.78 is 0. The maximum absolute atomic E-state index is 12.0. The van der Waals surface area contributed by atoms with Gasteiger partial charge in [-0.2, -0.15) is 0 Å². The molecule has 1 atom stereocenters. The third-order valence-electron chi connectivity index (χ3n) is 3.39. The molecule has 6 nitrogen and oxygen atoms in total. The van der Waals surface area contributed by atoms with Gasteiger partial charge in [0.25, 0.3) is 0 Å². The fraction of sp³-hybridized carbons (Fsp3) is 0.846. The van der Waals surface area contributed by atoms with Crippen LogP contribution in [0.4, 0.5) is 0 Å². The molecule has 3 N–H and O–H groups in total. The van der Waals surface area contributed by atoms with Crippen LogP contribution in [0.2, 0.25) is 0 Å². The minimum Gasteiger partial charge on any atom is -0.355 e. The minimum absolute atomic E-state index is 0.0547. The van der Waals surface area contributed by atoms with E-state index in [9.17, 15) is 9.59 Å². The van der Waals surface area contributed by atoms with E-state index in [2.05, 4.69) is 10.2 Å². The Kier molecular flexibility index (Phi) is 6.80. The summed E-state index contributed by atoms with van der Waals surface area (Å²) >= 11 is 0. The number of likely N-dealkylation sites (N-methyl/N-ethyl adjacent to an activating group) is 1. The van der Waals surface area contributed by atoms with Crippen molar-refractivity contribution in [2.24, 2.45) is 11.7 Å². The predicted molar refractivity (Wildman–Crippen MR) is 74.5 cm³/mol. The molecule has 1 heterocycles. The number of carbonyl (C=O) groups excluding carboxylic acids is 2. The van der Waals surface area contributed by atoms with Gasteiger partial charge in [-0.05, 0) is 19.4 Å². The van der Waals surface area contributed by atoms with Gasteiger partial charge in [0, 0.05) is 39.1 Å². The Bertz CT molecular complexity index is 301. The number of nitrogens with one attached hydrogen (secondary N) is 1. The van der Waals surface area contributed by atoms with Crippen molar-refractivity contribution in [2.45, 2.75) is 20.3 Å². The third kappa shape index (κ3) is 5.57. The molecule has 0 aliphatic carbocycles. The van der Waals surface area contributed by atoms with Gasteiger partial charge in [0.15, 0.2) is 0 Å². The molecular weight excluding hydrogens is 244 g/mol. The second-order valence-electron chi connectivity index (χ2n) is 5.16. The highest BCUT2D eigenvalue weighted by atomic mass is 16.2. The Hall–Kier alpha value is -1.14. The summed E-state index contributed by atoms with van der Waals surface area (Å²) in [5.74, 6) is 0.468. The first-order valence-electron chi connectivity index (χ1n) is 7.03. The molecule has 0 saturated carbocycles. The number of piperazine rings is 1. The largest absolute Gasteiger partial charge is 0.355 e. The lowest BCUT2D eigenvalue weighted by atomic mass is 10.1. The van der Waals surface area contributed by atoms with Crippen molar-refractivity contribution in [3.8, 4) is 0 Å². The molecule has 1 rings (SSSR count).